The van der Waals surface area contributed by atoms with Crippen molar-refractivity contribution in [3.8, 4) is 0 Å². The molecule has 1 aromatic rings. The van der Waals surface area contributed by atoms with Crippen LogP contribution in [0.3, 0.4) is 0 Å². The van der Waals surface area contributed by atoms with Gasteiger partial charge in [-0.15, -0.1) is 0 Å². The molecular weight excluding hydrogens is 244 g/mol. The van der Waals surface area contributed by atoms with Gasteiger partial charge < -0.3 is 5.11 Å². The van der Waals surface area contributed by atoms with E-state index < -0.39 is 0 Å². The van der Waals surface area contributed by atoms with Crippen molar-refractivity contribution < 1.29 is 10.0 Å². The van der Waals surface area contributed by atoms with Crippen molar-refractivity contribution in [1.82, 2.24) is 4.90 Å². The van der Waals surface area contributed by atoms with Gasteiger partial charge in [0.2, 0.25) is 0 Å². The standard InChI is InChI=1S/C14H20N2O3/c17-10-8-13-6-3-4-9-15(13)11-12-5-1-2-7-14(12)16(18)19/h1-2,5,7,13,17H,3-4,6,8-11H2. The molecule has 1 N–H and O–H groups in total. The van der Waals surface area contributed by atoms with Crippen molar-refractivity contribution in [2.24, 2.45) is 0 Å². The average Bonchev–Trinajstić information content (AvgIpc) is 2.42. The lowest BCUT2D eigenvalue weighted by atomic mass is 9.98. The average molecular weight is 264 g/mol. The lowest BCUT2D eigenvalue weighted by molar-refractivity contribution is -0.385. The van der Waals surface area contributed by atoms with Gasteiger partial charge in [-0.25, -0.2) is 0 Å². The largest absolute Gasteiger partial charge is 0.396 e. The molecule has 5 heteroatoms. The Hall–Kier alpha value is -1.46. The summed E-state index contributed by atoms with van der Waals surface area (Å²) in [5.41, 5.74) is 0.952. The number of aliphatic hydroxyl groups excluding tert-OH is 1. The van der Waals surface area contributed by atoms with Crippen LogP contribution in [0.25, 0.3) is 0 Å². The van der Waals surface area contributed by atoms with E-state index in [4.69, 9.17) is 5.11 Å². The van der Waals surface area contributed by atoms with Gasteiger partial charge in [0.05, 0.1) is 4.92 Å². The Morgan fingerprint density at radius 2 is 2.16 bits per heavy atom. The third-order valence-corrected chi connectivity index (χ3v) is 3.77. The van der Waals surface area contributed by atoms with Gasteiger partial charge in [-0.2, -0.15) is 0 Å². The smallest absolute Gasteiger partial charge is 0.273 e. The van der Waals surface area contributed by atoms with E-state index in [2.05, 4.69) is 4.90 Å². The second-order valence-electron chi connectivity index (χ2n) is 5.02. The Labute approximate surface area is 113 Å². The molecule has 19 heavy (non-hydrogen) atoms. The fraction of sp³-hybridized carbons (Fsp3) is 0.571. The number of rotatable bonds is 5. The van der Waals surface area contributed by atoms with Crippen molar-refractivity contribution in [3.05, 3.63) is 39.9 Å². The van der Waals surface area contributed by atoms with Gasteiger partial charge in [-0.3, -0.25) is 15.0 Å². The van der Waals surface area contributed by atoms with E-state index in [0.717, 1.165) is 31.4 Å². The molecule has 0 spiro atoms. The summed E-state index contributed by atoms with van der Waals surface area (Å²) in [4.78, 5) is 13.0. The third-order valence-electron chi connectivity index (χ3n) is 3.77. The minimum Gasteiger partial charge on any atom is -0.396 e. The molecule has 0 aliphatic carbocycles. The molecule has 1 unspecified atom stereocenters. The molecule has 0 radical (unpaired) electrons. The number of nitrogens with zero attached hydrogens (tertiary/aromatic N) is 2. The molecule has 1 aromatic carbocycles. The number of hydrogen-bond acceptors (Lipinski definition) is 4. The second kappa shape index (κ2) is 6.63. The predicted molar refractivity (Wildman–Crippen MR) is 72.8 cm³/mol. The van der Waals surface area contributed by atoms with Gasteiger partial charge in [0.25, 0.3) is 5.69 Å². The highest BCUT2D eigenvalue weighted by Crippen LogP contribution is 2.25. The van der Waals surface area contributed by atoms with Gasteiger partial charge in [-0.05, 0) is 25.8 Å². The van der Waals surface area contributed by atoms with Crippen LogP contribution in [0.5, 0.6) is 0 Å². The second-order valence-corrected chi connectivity index (χ2v) is 5.02. The number of likely N-dealkylation sites (tertiary alicyclic amines) is 1. The molecule has 1 heterocycles. The van der Waals surface area contributed by atoms with E-state index in [1.807, 2.05) is 12.1 Å². The van der Waals surface area contributed by atoms with E-state index >= 15 is 0 Å². The summed E-state index contributed by atoms with van der Waals surface area (Å²) in [6.45, 7) is 1.73. The molecular formula is C14H20N2O3. The summed E-state index contributed by atoms with van der Waals surface area (Å²) in [5.74, 6) is 0. The van der Waals surface area contributed by atoms with Gasteiger partial charge >= 0.3 is 0 Å². The summed E-state index contributed by atoms with van der Waals surface area (Å²) in [6, 6.07) is 7.26. The minimum atomic E-state index is -0.319. The Morgan fingerprint density at radius 1 is 1.37 bits per heavy atom. The summed E-state index contributed by atoms with van der Waals surface area (Å²) in [5, 5.41) is 20.1. The van der Waals surface area contributed by atoms with Crippen LogP contribution < -0.4 is 0 Å². The molecule has 0 bridgehead atoms. The van der Waals surface area contributed by atoms with Crippen LogP contribution in [0.4, 0.5) is 5.69 Å². The van der Waals surface area contributed by atoms with Gasteiger partial charge in [0.15, 0.2) is 0 Å². The van der Waals surface area contributed by atoms with Crippen LogP contribution in [-0.2, 0) is 6.54 Å². The normalized spacial score (nSPS) is 20.4. The van der Waals surface area contributed by atoms with Gasteiger partial charge in [-0.1, -0.05) is 24.6 Å². The van der Waals surface area contributed by atoms with Crippen molar-refractivity contribution in [2.45, 2.75) is 38.3 Å². The first-order valence-electron chi connectivity index (χ1n) is 6.79. The maximum absolute atomic E-state index is 11.0. The summed E-state index contributed by atoms with van der Waals surface area (Å²) < 4.78 is 0. The molecule has 0 saturated carbocycles. The third kappa shape index (κ3) is 3.52. The van der Waals surface area contributed by atoms with Crippen molar-refractivity contribution in [1.29, 1.82) is 0 Å². The zero-order valence-electron chi connectivity index (χ0n) is 11.0. The molecule has 1 atom stereocenters. The van der Waals surface area contributed by atoms with Crippen LogP contribution in [0.1, 0.15) is 31.2 Å². The highest BCUT2D eigenvalue weighted by molar-refractivity contribution is 5.39. The molecule has 5 nitrogen and oxygen atoms in total. The summed E-state index contributed by atoms with van der Waals surface area (Å²) >= 11 is 0. The quantitative estimate of drug-likeness (QED) is 0.654. The maximum Gasteiger partial charge on any atom is 0.273 e. The maximum atomic E-state index is 11.0. The van der Waals surface area contributed by atoms with E-state index in [9.17, 15) is 10.1 Å². The molecule has 2 rings (SSSR count). The summed E-state index contributed by atoms with van der Waals surface area (Å²) in [6.07, 6.45) is 4.13. The Bertz CT molecular complexity index is 434. The van der Waals surface area contributed by atoms with Crippen LogP contribution >= 0.6 is 0 Å². The predicted octanol–water partition coefficient (Wildman–Crippen LogP) is 2.33. The van der Waals surface area contributed by atoms with Crippen molar-refractivity contribution >= 4 is 5.69 Å². The monoisotopic (exact) mass is 264 g/mol. The topological polar surface area (TPSA) is 66.6 Å². The lowest BCUT2D eigenvalue weighted by Gasteiger charge is -2.35. The SMILES string of the molecule is O=[N+]([O-])c1ccccc1CN1CCCCC1CCO. The van der Waals surface area contributed by atoms with Crippen molar-refractivity contribution in [2.75, 3.05) is 13.2 Å². The number of benzene rings is 1. The fourth-order valence-corrected chi connectivity index (χ4v) is 2.79. The molecule has 0 aromatic heterocycles. The first-order valence-corrected chi connectivity index (χ1v) is 6.79. The van der Waals surface area contributed by atoms with Crippen LogP contribution in [0.2, 0.25) is 0 Å². The molecule has 0 amide bonds. The number of para-hydroxylation sites is 1. The number of nitro groups is 1. The number of aliphatic hydroxyl groups is 1. The highest BCUT2D eigenvalue weighted by atomic mass is 16.6. The molecule has 1 aliphatic rings. The molecule has 1 aliphatic heterocycles. The van der Waals surface area contributed by atoms with Crippen LogP contribution in [0.15, 0.2) is 24.3 Å². The minimum absolute atomic E-state index is 0.179. The van der Waals surface area contributed by atoms with E-state index in [0.29, 0.717) is 12.6 Å². The molecule has 1 saturated heterocycles. The van der Waals surface area contributed by atoms with Crippen molar-refractivity contribution in [3.63, 3.8) is 0 Å². The Balaban J connectivity index is 2.12. The first kappa shape index (κ1) is 14.0. The fourth-order valence-electron chi connectivity index (χ4n) is 2.79. The highest BCUT2D eigenvalue weighted by Gasteiger charge is 2.24. The van der Waals surface area contributed by atoms with E-state index in [-0.39, 0.29) is 17.2 Å². The number of hydrogen-bond donors (Lipinski definition) is 1. The van der Waals surface area contributed by atoms with Crippen LogP contribution in [-0.4, -0.2) is 34.1 Å². The molecule has 1 fully saturated rings. The van der Waals surface area contributed by atoms with Gasteiger partial charge in [0.1, 0.15) is 0 Å². The zero-order chi connectivity index (χ0) is 13.7. The Kier molecular flexibility index (Phi) is 4.87. The number of nitro benzene ring substituents is 1. The van der Waals surface area contributed by atoms with Crippen LogP contribution in [0, 0.1) is 10.1 Å². The number of piperidine rings is 1. The first-order chi connectivity index (χ1) is 9.22. The summed E-state index contributed by atoms with van der Waals surface area (Å²) in [7, 11) is 0. The zero-order valence-corrected chi connectivity index (χ0v) is 11.0. The molecule has 104 valence electrons. The van der Waals surface area contributed by atoms with Gasteiger partial charge in [0, 0.05) is 30.8 Å². The van der Waals surface area contributed by atoms with E-state index in [1.165, 1.54) is 6.42 Å². The van der Waals surface area contributed by atoms with E-state index in [1.54, 1.807) is 12.1 Å². The Morgan fingerprint density at radius 3 is 2.89 bits per heavy atom. The lowest BCUT2D eigenvalue weighted by Crippen LogP contribution is -2.39.